The smallest absolute Gasteiger partial charge is 0.406 e. The molecule has 0 atom stereocenters. The number of carbonyl (C=O) groups excluding carboxylic acids is 1. The number of rotatable bonds is 9. The number of nitrogens with one attached hydrogen (secondary N) is 1. The summed E-state index contributed by atoms with van der Waals surface area (Å²) in [7, 11) is 0. The highest BCUT2D eigenvalue weighted by atomic mass is 19.4. The third kappa shape index (κ3) is 6.82. The molecule has 3 aromatic carbocycles. The average molecular weight is 548 g/mol. The van der Waals surface area contributed by atoms with Gasteiger partial charge in [-0.3, -0.25) is 4.79 Å². The van der Waals surface area contributed by atoms with Crippen molar-refractivity contribution in [3.05, 3.63) is 95.6 Å². The van der Waals surface area contributed by atoms with Crippen molar-refractivity contribution in [2.45, 2.75) is 37.4 Å². The second kappa shape index (κ2) is 10.5. The van der Waals surface area contributed by atoms with Crippen LogP contribution in [-0.4, -0.2) is 25.2 Å². The highest BCUT2D eigenvalue weighted by molar-refractivity contribution is 5.88. The number of carbonyl (C=O) groups is 1. The summed E-state index contributed by atoms with van der Waals surface area (Å²) in [6.45, 7) is -0.241. The minimum absolute atomic E-state index is 0.0681. The molecule has 0 aliphatic heterocycles. The van der Waals surface area contributed by atoms with Crippen molar-refractivity contribution < 1.29 is 40.6 Å². The topological polar surface area (TPSA) is 71.4 Å². The normalized spacial score (nSPS) is 14.7. The Kier molecular flexibility index (Phi) is 7.50. The minimum atomic E-state index is -4.99. The van der Waals surface area contributed by atoms with Gasteiger partial charge in [-0.15, -0.1) is 26.3 Å². The third-order valence-electron chi connectivity index (χ3n) is 6.54. The van der Waals surface area contributed by atoms with Gasteiger partial charge < -0.3 is 14.8 Å². The van der Waals surface area contributed by atoms with Crippen LogP contribution < -0.4 is 14.8 Å². The van der Waals surface area contributed by atoms with Crippen molar-refractivity contribution in [3.8, 4) is 17.6 Å². The zero-order valence-corrected chi connectivity index (χ0v) is 20.3. The van der Waals surface area contributed by atoms with E-state index >= 15 is 0 Å². The molecule has 0 heterocycles. The van der Waals surface area contributed by atoms with Gasteiger partial charge in [0.15, 0.2) is 0 Å². The molecule has 0 saturated heterocycles. The average Bonchev–Trinajstić information content (AvgIpc) is 3.67. The first-order valence-corrected chi connectivity index (χ1v) is 11.8. The van der Waals surface area contributed by atoms with E-state index in [2.05, 4.69) is 14.8 Å². The molecule has 1 aliphatic rings. The van der Waals surface area contributed by atoms with Crippen LogP contribution in [0.5, 0.6) is 11.5 Å². The van der Waals surface area contributed by atoms with Crippen LogP contribution >= 0.6 is 0 Å². The molecule has 0 radical (unpaired) electrons. The lowest BCUT2D eigenvalue weighted by atomic mass is 9.70. The number of benzene rings is 3. The Balaban J connectivity index is 1.88. The van der Waals surface area contributed by atoms with Gasteiger partial charge in [0.05, 0.1) is 6.07 Å². The molecule has 11 heteroatoms. The molecule has 1 aliphatic carbocycles. The monoisotopic (exact) mass is 548 g/mol. The number of nitriles is 1. The standard InChI is InChI=1S/C28H22F6N2O3/c29-27(30,31)38-22-10-4-8-20(14-22)26(16-19-6-2-1-3-7-19,18-36-24(37)25(17-35)12-13-25)21-9-5-11-23(15-21)39-28(32,33)34/h1-11,14-15H,12-13,16,18H2,(H,36,37). The molecule has 0 aromatic heterocycles. The van der Waals surface area contributed by atoms with E-state index < -0.39 is 41.0 Å². The molecule has 1 fully saturated rings. The van der Waals surface area contributed by atoms with Crippen LogP contribution in [-0.2, 0) is 16.6 Å². The molecule has 204 valence electrons. The maximum atomic E-state index is 13.0. The van der Waals surface area contributed by atoms with Crippen molar-refractivity contribution in [2.75, 3.05) is 6.54 Å². The first-order valence-electron chi connectivity index (χ1n) is 11.8. The quantitative estimate of drug-likeness (QED) is 0.313. The van der Waals surface area contributed by atoms with Crippen molar-refractivity contribution in [1.82, 2.24) is 5.32 Å². The Morgan fingerprint density at radius 2 is 1.33 bits per heavy atom. The zero-order valence-electron chi connectivity index (χ0n) is 20.3. The Morgan fingerprint density at radius 1 is 0.821 bits per heavy atom. The number of hydrogen-bond donors (Lipinski definition) is 1. The molecule has 0 bridgehead atoms. The molecule has 1 amide bonds. The molecule has 4 rings (SSSR count). The SMILES string of the molecule is N#CC1(C(=O)NCC(Cc2ccccc2)(c2cccc(OC(F)(F)F)c2)c2cccc(OC(F)(F)F)c2)CC1. The molecular weight excluding hydrogens is 526 g/mol. The second-order valence-electron chi connectivity index (χ2n) is 9.27. The lowest BCUT2D eigenvalue weighted by molar-refractivity contribution is -0.275. The number of nitrogens with zero attached hydrogens (tertiary/aromatic N) is 1. The van der Waals surface area contributed by atoms with Gasteiger partial charge in [0.25, 0.3) is 0 Å². The lowest BCUT2D eigenvalue weighted by Crippen LogP contribution is -2.45. The fourth-order valence-corrected chi connectivity index (χ4v) is 4.48. The molecule has 1 saturated carbocycles. The number of halogens is 6. The predicted molar refractivity (Wildman–Crippen MR) is 127 cm³/mol. The predicted octanol–water partition coefficient (Wildman–Crippen LogP) is 6.43. The highest BCUT2D eigenvalue weighted by Crippen LogP contribution is 2.46. The van der Waals surface area contributed by atoms with Crippen LogP contribution in [0.3, 0.4) is 0 Å². The number of hydrogen-bond acceptors (Lipinski definition) is 4. The largest absolute Gasteiger partial charge is 0.573 e. The summed E-state index contributed by atoms with van der Waals surface area (Å²) in [5.74, 6) is -1.64. The Bertz CT molecular complexity index is 1300. The fourth-order valence-electron chi connectivity index (χ4n) is 4.48. The molecule has 39 heavy (non-hydrogen) atoms. The Morgan fingerprint density at radius 3 is 1.77 bits per heavy atom. The minimum Gasteiger partial charge on any atom is -0.406 e. The van der Waals surface area contributed by atoms with E-state index in [1.807, 2.05) is 6.07 Å². The summed E-state index contributed by atoms with van der Waals surface area (Å²) in [4.78, 5) is 12.9. The third-order valence-corrected chi connectivity index (χ3v) is 6.54. The van der Waals surface area contributed by atoms with E-state index in [4.69, 9.17) is 0 Å². The maximum absolute atomic E-state index is 13.0. The zero-order chi connectivity index (χ0) is 28.3. The van der Waals surface area contributed by atoms with Crippen LogP contribution in [0.1, 0.15) is 29.5 Å². The fraction of sp³-hybridized carbons (Fsp3) is 0.286. The van der Waals surface area contributed by atoms with Crippen LogP contribution in [0.2, 0.25) is 0 Å². The summed E-state index contributed by atoms with van der Waals surface area (Å²) >= 11 is 0. The van der Waals surface area contributed by atoms with E-state index in [1.165, 1.54) is 24.3 Å². The van der Waals surface area contributed by atoms with Crippen LogP contribution in [0.25, 0.3) is 0 Å². The summed E-state index contributed by atoms with van der Waals surface area (Å²) < 4.78 is 86.5. The molecule has 0 unspecified atom stereocenters. The van der Waals surface area contributed by atoms with E-state index in [-0.39, 0.29) is 24.1 Å². The first-order chi connectivity index (χ1) is 18.3. The van der Waals surface area contributed by atoms with E-state index in [9.17, 15) is 36.4 Å². The molecule has 3 aromatic rings. The summed E-state index contributed by atoms with van der Waals surface area (Å²) in [6, 6.07) is 20.8. The molecule has 0 spiro atoms. The van der Waals surface area contributed by atoms with Gasteiger partial charge in [-0.05, 0) is 60.2 Å². The van der Waals surface area contributed by atoms with Gasteiger partial charge >= 0.3 is 12.7 Å². The summed E-state index contributed by atoms with van der Waals surface area (Å²) in [5, 5.41) is 12.2. The maximum Gasteiger partial charge on any atom is 0.573 e. The van der Waals surface area contributed by atoms with Crippen LogP contribution in [0, 0.1) is 16.7 Å². The van der Waals surface area contributed by atoms with Crippen molar-refractivity contribution >= 4 is 5.91 Å². The van der Waals surface area contributed by atoms with Crippen molar-refractivity contribution in [2.24, 2.45) is 5.41 Å². The number of alkyl halides is 6. The second-order valence-corrected chi connectivity index (χ2v) is 9.27. The van der Waals surface area contributed by atoms with E-state index in [0.29, 0.717) is 18.4 Å². The van der Waals surface area contributed by atoms with E-state index in [0.717, 1.165) is 24.3 Å². The van der Waals surface area contributed by atoms with Crippen LogP contribution in [0.15, 0.2) is 78.9 Å². The molecular formula is C28H22F6N2O3. The molecule has 5 nitrogen and oxygen atoms in total. The van der Waals surface area contributed by atoms with E-state index in [1.54, 1.807) is 30.3 Å². The lowest BCUT2D eigenvalue weighted by Gasteiger charge is -2.36. The van der Waals surface area contributed by atoms with Crippen molar-refractivity contribution in [3.63, 3.8) is 0 Å². The molecule has 1 N–H and O–H groups in total. The highest BCUT2D eigenvalue weighted by Gasteiger charge is 2.51. The Hall–Kier alpha value is -4.20. The summed E-state index contributed by atoms with van der Waals surface area (Å²) in [5.41, 5.74) is -1.43. The Labute approximate surface area is 220 Å². The van der Waals surface area contributed by atoms with Gasteiger partial charge in [-0.2, -0.15) is 5.26 Å². The van der Waals surface area contributed by atoms with Crippen LogP contribution in [0.4, 0.5) is 26.3 Å². The van der Waals surface area contributed by atoms with Gasteiger partial charge in [0.2, 0.25) is 5.91 Å². The first kappa shape index (κ1) is 27.8. The number of ether oxygens (including phenoxy) is 2. The summed E-state index contributed by atoms with van der Waals surface area (Å²) in [6.07, 6.45) is -9.20. The van der Waals surface area contributed by atoms with Crippen molar-refractivity contribution in [1.29, 1.82) is 5.26 Å². The van der Waals surface area contributed by atoms with Gasteiger partial charge in [-0.25, -0.2) is 0 Å². The van der Waals surface area contributed by atoms with Gasteiger partial charge in [-0.1, -0.05) is 54.6 Å². The van der Waals surface area contributed by atoms with Gasteiger partial charge in [0, 0.05) is 12.0 Å². The number of amides is 1. The van der Waals surface area contributed by atoms with Gasteiger partial charge in [0.1, 0.15) is 16.9 Å².